The fourth-order valence-electron chi connectivity index (χ4n) is 1.71. The second-order valence-corrected chi connectivity index (χ2v) is 4.26. The molecule has 20 heavy (non-hydrogen) atoms. The number of nitrogens with one attached hydrogen (secondary N) is 1. The third kappa shape index (κ3) is 4.51. The van der Waals surface area contributed by atoms with Crippen molar-refractivity contribution in [3.63, 3.8) is 0 Å². The monoisotopic (exact) mass is 277 g/mol. The van der Waals surface area contributed by atoms with Gasteiger partial charge in [0.05, 0.1) is 7.11 Å². The number of hydrogen-bond donors (Lipinski definition) is 2. The normalized spacial score (nSPS) is 13.1. The minimum Gasteiger partial charge on any atom is -0.467 e. The lowest BCUT2D eigenvalue weighted by atomic mass is 10.1. The molecule has 0 fully saturated rings. The lowest BCUT2D eigenvalue weighted by Crippen LogP contribution is -2.43. The Labute approximate surface area is 118 Å². The van der Waals surface area contributed by atoms with Crippen molar-refractivity contribution in [2.45, 2.75) is 25.0 Å². The fraction of sp³-hybridized carbons (Fsp3) is 0.333. The summed E-state index contributed by atoms with van der Waals surface area (Å²) in [6, 6.07) is 7.73. The van der Waals surface area contributed by atoms with E-state index in [1.807, 2.05) is 0 Å². The van der Waals surface area contributed by atoms with E-state index < -0.39 is 24.0 Å². The first-order valence-corrected chi connectivity index (χ1v) is 6.32. The molecule has 0 aromatic heterocycles. The molecule has 0 saturated carbocycles. The van der Waals surface area contributed by atoms with Crippen LogP contribution in [0.3, 0.4) is 0 Å². The highest BCUT2D eigenvalue weighted by Gasteiger charge is 2.25. The van der Waals surface area contributed by atoms with Crippen LogP contribution in [0.2, 0.25) is 0 Å². The molecule has 0 spiro atoms. The smallest absolute Gasteiger partial charge is 0.328 e. The zero-order valence-corrected chi connectivity index (χ0v) is 11.4. The predicted octanol–water partition coefficient (Wildman–Crippen LogP) is 1.34. The first kappa shape index (κ1) is 15.9. The Kier molecular flexibility index (Phi) is 6.46. The van der Waals surface area contributed by atoms with Crippen molar-refractivity contribution in [2.24, 2.45) is 0 Å². The van der Waals surface area contributed by atoms with Crippen molar-refractivity contribution < 1.29 is 19.4 Å². The van der Waals surface area contributed by atoms with E-state index in [1.54, 1.807) is 36.4 Å². The lowest BCUT2D eigenvalue weighted by Gasteiger charge is -2.18. The number of benzene rings is 1. The van der Waals surface area contributed by atoms with Gasteiger partial charge < -0.3 is 15.2 Å². The number of carbonyl (C=O) groups is 2. The van der Waals surface area contributed by atoms with E-state index in [9.17, 15) is 14.7 Å². The van der Waals surface area contributed by atoms with E-state index >= 15 is 0 Å². The molecule has 108 valence electrons. The van der Waals surface area contributed by atoms with Crippen LogP contribution >= 0.6 is 0 Å². The third-order valence-corrected chi connectivity index (χ3v) is 2.83. The van der Waals surface area contributed by atoms with Crippen molar-refractivity contribution in [2.75, 3.05) is 7.11 Å². The molecule has 1 aromatic carbocycles. The first-order valence-electron chi connectivity index (χ1n) is 6.32. The largest absolute Gasteiger partial charge is 0.467 e. The third-order valence-electron chi connectivity index (χ3n) is 2.83. The van der Waals surface area contributed by atoms with E-state index in [-0.39, 0.29) is 0 Å². The average molecular weight is 277 g/mol. The summed E-state index contributed by atoms with van der Waals surface area (Å²) in [5.41, 5.74) is 0.470. The molecule has 0 unspecified atom stereocenters. The SMILES string of the molecule is C=CCC[C@@H](NC(=O)[C@@H](O)c1ccccc1)C(=O)OC. The molecule has 1 rings (SSSR count). The second kappa shape index (κ2) is 8.12. The molecule has 1 aromatic rings. The Morgan fingerprint density at radius 1 is 1.40 bits per heavy atom. The van der Waals surface area contributed by atoms with Crippen molar-refractivity contribution in [1.29, 1.82) is 0 Å². The van der Waals surface area contributed by atoms with Gasteiger partial charge in [0.25, 0.3) is 5.91 Å². The summed E-state index contributed by atoms with van der Waals surface area (Å²) in [6.07, 6.45) is 1.27. The summed E-state index contributed by atoms with van der Waals surface area (Å²) in [7, 11) is 1.25. The van der Waals surface area contributed by atoms with Crippen LogP contribution in [0.25, 0.3) is 0 Å². The van der Waals surface area contributed by atoms with Crippen molar-refractivity contribution in [1.82, 2.24) is 5.32 Å². The summed E-state index contributed by atoms with van der Waals surface area (Å²) in [5, 5.41) is 12.4. The number of methoxy groups -OCH3 is 1. The van der Waals surface area contributed by atoms with E-state index in [2.05, 4.69) is 16.6 Å². The van der Waals surface area contributed by atoms with Crippen LogP contribution in [0.1, 0.15) is 24.5 Å². The summed E-state index contributed by atoms with van der Waals surface area (Å²) >= 11 is 0. The molecule has 0 aliphatic carbocycles. The minimum atomic E-state index is -1.31. The first-order chi connectivity index (χ1) is 9.60. The maximum atomic E-state index is 11.9. The summed E-state index contributed by atoms with van der Waals surface area (Å²) in [6.45, 7) is 3.57. The van der Waals surface area contributed by atoms with E-state index in [4.69, 9.17) is 0 Å². The van der Waals surface area contributed by atoms with Gasteiger partial charge in [0.1, 0.15) is 6.04 Å². The Bertz CT molecular complexity index is 458. The summed E-state index contributed by atoms with van der Waals surface area (Å²) < 4.78 is 4.63. The number of aliphatic hydroxyl groups excluding tert-OH is 1. The molecule has 1 amide bonds. The number of hydrogen-bond acceptors (Lipinski definition) is 4. The minimum absolute atomic E-state index is 0.378. The van der Waals surface area contributed by atoms with Gasteiger partial charge in [-0.15, -0.1) is 6.58 Å². The molecule has 0 radical (unpaired) electrons. The quantitative estimate of drug-likeness (QED) is 0.582. The van der Waals surface area contributed by atoms with Crippen LogP contribution in [0.5, 0.6) is 0 Å². The highest BCUT2D eigenvalue weighted by atomic mass is 16.5. The average Bonchev–Trinajstić information content (AvgIpc) is 2.50. The van der Waals surface area contributed by atoms with Gasteiger partial charge in [0.2, 0.25) is 0 Å². The zero-order chi connectivity index (χ0) is 15.0. The van der Waals surface area contributed by atoms with E-state index in [1.165, 1.54) is 7.11 Å². The van der Waals surface area contributed by atoms with Crippen molar-refractivity contribution in [3.05, 3.63) is 48.6 Å². The number of esters is 1. The molecule has 5 nitrogen and oxygen atoms in total. The Balaban J connectivity index is 2.70. The maximum Gasteiger partial charge on any atom is 0.328 e. The molecule has 0 bridgehead atoms. The molecule has 5 heteroatoms. The molecule has 0 saturated heterocycles. The van der Waals surface area contributed by atoms with E-state index in [0.29, 0.717) is 18.4 Å². The van der Waals surface area contributed by atoms with Gasteiger partial charge in [0.15, 0.2) is 6.10 Å². The Morgan fingerprint density at radius 3 is 2.60 bits per heavy atom. The number of amides is 1. The molecule has 0 aliphatic rings. The Morgan fingerprint density at radius 2 is 2.05 bits per heavy atom. The number of rotatable bonds is 7. The van der Waals surface area contributed by atoms with Gasteiger partial charge >= 0.3 is 5.97 Å². The number of ether oxygens (including phenoxy) is 1. The van der Waals surface area contributed by atoms with E-state index in [0.717, 1.165) is 0 Å². The lowest BCUT2D eigenvalue weighted by molar-refractivity contribution is -0.146. The fourth-order valence-corrected chi connectivity index (χ4v) is 1.71. The number of allylic oxidation sites excluding steroid dienone is 1. The topological polar surface area (TPSA) is 75.6 Å². The molecule has 2 atom stereocenters. The highest BCUT2D eigenvalue weighted by molar-refractivity contribution is 5.87. The Hall–Kier alpha value is -2.14. The van der Waals surface area contributed by atoms with Gasteiger partial charge in [-0.3, -0.25) is 4.79 Å². The van der Waals surface area contributed by atoms with Gasteiger partial charge in [-0.05, 0) is 18.4 Å². The molecule has 2 N–H and O–H groups in total. The molecular weight excluding hydrogens is 258 g/mol. The summed E-state index contributed by atoms with van der Waals surface area (Å²) in [5.74, 6) is -1.17. The van der Waals surface area contributed by atoms with Crippen LogP contribution in [0, 0.1) is 0 Å². The van der Waals surface area contributed by atoms with Gasteiger partial charge in [-0.1, -0.05) is 36.4 Å². The predicted molar refractivity (Wildman–Crippen MR) is 74.8 cm³/mol. The molecule has 0 heterocycles. The zero-order valence-electron chi connectivity index (χ0n) is 11.4. The van der Waals surface area contributed by atoms with Gasteiger partial charge in [-0.25, -0.2) is 4.79 Å². The van der Waals surface area contributed by atoms with Crippen molar-refractivity contribution in [3.8, 4) is 0 Å². The van der Waals surface area contributed by atoms with Crippen LogP contribution < -0.4 is 5.32 Å². The second-order valence-electron chi connectivity index (χ2n) is 4.26. The summed E-state index contributed by atoms with van der Waals surface area (Å²) in [4.78, 5) is 23.5. The number of aliphatic hydroxyl groups is 1. The number of carbonyl (C=O) groups excluding carboxylic acids is 2. The standard InChI is InChI=1S/C15H19NO4/c1-3-4-10-12(15(19)20-2)16-14(18)13(17)11-8-6-5-7-9-11/h3,5-9,12-13,17H,1,4,10H2,2H3,(H,16,18)/t12-,13+/m1/s1. The maximum absolute atomic E-state index is 11.9. The van der Waals surface area contributed by atoms with Gasteiger partial charge in [0, 0.05) is 0 Å². The van der Waals surface area contributed by atoms with Crippen LogP contribution in [0.15, 0.2) is 43.0 Å². The highest BCUT2D eigenvalue weighted by Crippen LogP contribution is 2.13. The van der Waals surface area contributed by atoms with Gasteiger partial charge in [-0.2, -0.15) is 0 Å². The molecule has 0 aliphatic heterocycles. The van der Waals surface area contributed by atoms with Crippen LogP contribution in [0.4, 0.5) is 0 Å². The van der Waals surface area contributed by atoms with Crippen LogP contribution in [-0.2, 0) is 14.3 Å². The van der Waals surface area contributed by atoms with Crippen LogP contribution in [-0.4, -0.2) is 30.1 Å². The molecular formula is C15H19NO4. The van der Waals surface area contributed by atoms with Crippen molar-refractivity contribution >= 4 is 11.9 Å².